The standard InChI is InChI=1S/C24H32N2O6S/c1-3-21(32-23-10-6-5-9-22(23)30-2)24(27)25-15-18-31-19-11-13-20(14-12-19)33(28,29)26-16-7-4-8-17-26/h5-6,9-14,21H,3-4,7-8,15-18H2,1-2H3,(H,25,27). The van der Waals surface area contributed by atoms with E-state index < -0.39 is 16.1 Å². The van der Waals surface area contributed by atoms with Gasteiger partial charge in [-0.2, -0.15) is 4.31 Å². The zero-order valence-corrected chi connectivity index (χ0v) is 20.0. The van der Waals surface area contributed by atoms with Crippen LogP contribution in [0.25, 0.3) is 0 Å². The van der Waals surface area contributed by atoms with Gasteiger partial charge in [0.1, 0.15) is 12.4 Å². The molecular formula is C24H32N2O6S. The summed E-state index contributed by atoms with van der Waals surface area (Å²) >= 11 is 0. The molecule has 1 atom stereocenters. The Labute approximate surface area is 195 Å². The smallest absolute Gasteiger partial charge is 0.261 e. The molecule has 3 rings (SSSR count). The van der Waals surface area contributed by atoms with Crippen LogP contribution in [0.5, 0.6) is 17.2 Å². The summed E-state index contributed by atoms with van der Waals surface area (Å²) in [6.45, 7) is 3.54. The number of ether oxygens (including phenoxy) is 3. The van der Waals surface area contributed by atoms with Crippen molar-refractivity contribution in [2.75, 3.05) is 33.4 Å². The number of methoxy groups -OCH3 is 1. The number of hydrogen-bond acceptors (Lipinski definition) is 6. The number of carbonyl (C=O) groups is 1. The number of nitrogens with one attached hydrogen (secondary N) is 1. The van der Waals surface area contributed by atoms with E-state index in [0.717, 1.165) is 19.3 Å². The maximum absolute atomic E-state index is 12.7. The molecule has 2 aromatic carbocycles. The SMILES string of the molecule is CCC(Oc1ccccc1OC)C(=O)NCCOc1ccc(S(=O)(=O)N2CCCCC2)cc1. The number of para-hydroxylation sites is 2. The highest BCUT2D eigenvalue weighted by molar-refractivity contribution is 7.89. The summed E-state index contributed by atoms with van der Waals surface area (Å²) in [5, 5.41) is 2.81. The van der Waals surface area contributed by atoms with Gasteiger partial charge in [-0.3, -0.25) is 4.79 Å². The molecule has 0 spiro atoms. The van der Waals surface area contributed by atoms with Crippen molar-refractivity contribution in [3.63, 3.8) is 0 Å². The van der Waals surface area contributed by atoms with E-state index in [9.17, 15) is 13.2 Å². The predicted molar refractivity (Wildman–Crippen MR) is 125 cm³/mol. The highest BCUT2D eigenvalue weighted by atomic mass is 32.2. The summed E-state index contributed by atoms with van der Waals surface area (Å²) in [6.07, 6.45) is 2.71. The zero-order chi connectivity index (χ0) is 23.7. The lowest BCUT2D eigenvalue weighted by molar-refractivity contribution is -0.128. The van der Waals surface area contributed by atoms with Gasteiger partial charge in [0.25, 0.3) is 5.91 Å². The number of rotatable bonds is 11. The molecule has 0 radical (unpaired) electrons. The Kier molecular flexibility index (Phi) is 8.96. The molecule has 1 heterocycles. The Bertz CT molecular complexity index is 1000. The van der Waals surface area contributed by atoms with Crippen LogP contribution >= 0.6 is 0 Å². The number of sulfonamides is 1. The van der Waals surface area contributed by atoms with Crippen LogP contribution in [0.1, 0.15) is 32.6 Å². The zero-order valence-electron chi connectivity index (χ0n) is 19.2. The van der Waals surface area contributed by atoms with Crippen LogP contribution < -0.4 is 19.5 Å². The number of benzene rings is 2. The first-order chi connectivity index (χ1) is 16.0. The van der Waals surface area contributed by atoms with E-state index in [0.29, 0.717) is 43.3 Å². The van der Waals surface area contributed by atoms with E-state index in [1.54, 1.807) is 47.8 Å². The molecule has 0 bridgehead atoms. The minimum atomic E-state index is -3.46. The average molecular weight is 477 g/mol. The molecule has 1 amide bonds. The minimum absolute atomic E-state index is 0.241. The summed E-state index contributed by atoms with van der Waals surface area (Å²) < 4.78 is 43.7. The monoisotopic (exact) mass is 476 g/mol. The number of piperidine rings is 1. The van der Waals surface area contributed by atoms with E-state index in [1.807, 2.05) is 19.1 Å². The van der Waals surface area contributed by atoms with Crippen LogP contribution in [0.3, 0.4) is 0 Å². The van der Waals surface area contributed by atoms with Gasteiger partial charge in [-0.25, -0.2) is 8.42 Å². The first-order valence-electron chi connectivity index (χ1n) is 11.3. The number of amides is 1. The van der Waals surface area contributed by atoms with Crippen LogP contribution in [0.4, 0.5) is 0 Å². The van der Waals surface area contributed by atoms with Crippen molar-refractivity contribution in [3.8, 4) is 17.2 Å². The van der Waals surface area contributed by atoms with Gasteiger partial charge < -0.3 is 19.5 Å². The normalized spacial score (nSPS) is 15.5. The molecule has 1 aliphatic rings. The Morgan fingerprint density at radius 1 is 1.03 bits per heavy atom. The van der Waals surface area contributed by atoms with E-state index in [-0.39, 0.29) is 17.4 Å². The van der Waals surface area contributed by atoms with Crippen molar-refractivity contribution in [3.05, 3.63) is 48.5 Å². The third-order valence-electron chi connectivity index (χ3n) is 5.45. The Hall–Kier alpha value is -2.78. The van der Waals surface area contributed by atoms with Crippen molar-refractivity contribution in [2.45, 2.75) is 43.6 Å². The van der Waals surface area contributed by atoms with Gasteiger partial charge in [0.05, 0.1) is 18.6 Å². The van der Waals surface area contributed by atoms with Crippen LogP contribution in [0, 0.1) is 0 Å². The van der Waals surface area contributed by atoms with Crippen molar-refractivity contribution >= 4 is 15.9 Å². The van der Waals surface area contributed by atoms with Crippen molar-refractivity contribution in [2.24, 2.45) is 0 Å². The van der Waals surface area contributed by atoms with E-state index in [4.69, 9.17) is 14.2 Å². The van der Waals surface area contributed by atoms with Gasteiger partial charge in [-0.05, 0) is 55.7 Å². The molecule has 0 saturated carbocycles. The molecule has 9 heteroatoms. The number of nitrogens with zero attached hydrogens (tertiary/aromatic N) is 1. The fourth-order valence-electron chi connectivity index (χ4n) is 3.61. The molecule has 33 heavy (non-hydrogen) atoms. The molecule has 8 nitrogen and oxygen atoms in total. The maximum Gasteiger partial charge on any atom is 0.261 e. The average Bonchev–Trinajstić information content (AvgIpc) is 2.86. The second-order valence-corrected chi connectivity index (χ2v) is 9.68. The number of hydrogen-bond donors (Lipinski definition) is 1. The summed E-state index contributed by atoms with van der Waals surface area (Å²) in [5.41, 5.74) is 0. The lowest BCUT2D eigenvalue weighted by Crippen LogP contribution is -2.39. The topological polar surface area (TPSA) is 94.2 Å². The Morgan fingerprint density at radius 3 is 2.33 bits per heavy atom. The molecule has 180 valence electrons. The van der Waals surface area contributed by atoms with E-state index in [1.165, 1.54) is 0 Å². The van der Waals surface area contributed by atoms with Gasteiger partial charge >= 0.3 is 0 Å². The van der Waals surface area contributed by atoms with Crippen LogP contribution in [0.2, 0.25) is 0 Å². The first kappa shape index (κ1) is 24.9. The molecule has 0 aliphatic carbocycles. The molecule has 1 fully saturated rings. The first-order valence-corrected chi connectivity index (χ1v) is 12.7. The third-order valence-corrected chi connectivity index (χ3v) is 7.36. The Morgan fingerprint density at radius 2 is 1.70 bits per heavy atom. The minimum Gasteiger partial charge on any atom is -0.493 e. The molecule has 1 N–H and O–H groups in total. The molecule has 1 saturated heterocycles. The predicted octanol–water partition coefficient (Wildman–Crippen LogP) is 3.22. The fraction of sp³-hybridized carbons (Fsp3) is 0.458. The van der Waals surface area contributed by atoms with Crippen molar-refractivity contribution in [1.29, 1.82) is 0 Å². The van der Waals surface area contributed by atoms with Crippen LogP contribution in [-0.4, -0.2) is 58.1 Å². The van der Waals surface area contributed by atoms with Gasteiger partial charge in [0.2, 0.25) is 10.0 Å². The Balaban J connectivity index is 1.46. The molecular weight excluding hydrogens is 444 g/mol. The van der Waals surface area contributed by atoms with E-state index >= 15 is 0 Å². The lowest BCUT2D eigenvalue weighted by Gasteiger charge is -2.25. The fourth-order valence-corrected chi connectivity index (χ4v) is 5.13. The highest BCUT2D eigenvalue weighted by Crippen LogP contribution is 2.27. The molecule has 1 unspecified atom stereocenters. The van der Waals surface area contributed by atoms with Crippen LogP contribution in [0.15, 0.2) is 53.4 Å². The second kappa shape index (κ2) is 11.9. The summed E-state index contributed by atoms with van der Waals surface area (Å²) in [6, 6.07) is 13.6. The van der Waals surface area contributed by atoms with Crippen molar-refractivity contribution < 1.29 is 27.4 Å². The van der Waals surface area contributed by atoms with Crippen molar-refractivity contribution in [1.82, 2.24) is 9.62 Å². The van der Waals surface area contributed by atoms with Gasteiger partial charge in [-0.1, -0.05) is 25.5 Å². The van der Waals surface area contributed by atoms with Gasteiger partial charge in [-0.15, -0.1) is 0 Å². The quantitative estimate of drug-likeness (QED) is 0.501. The summed E-state index contributed by atoms with van der Waals surface area (Å²) in [5.74, 6) is 1.38. The number of carbonyl (C=O) groups excluding carboxylic acids is 1. The largest absolute Gasteiger partial charge is 0.493 e. The molecule has 1 aliphatic heterocycles. The summed E-state index contributed by atoms with van der Waals surface area (Å²) in [4.78, 5) is 12.8. The third kappa shape index (κ3) is 6.61. The summed E-state index contributed by atoms with van der Waals surface area (Å²) in [7, 11) is -1.91. The molecule has 0 aromatic heterocycles. The maximum atomic E-state index is 12.7. The highest BCUT2D eigenvalue weighted by Gasteiger charge is 2.25. The van der Waals surface area contributed by atoms with Gasteiger partial charge in [0, 0.05) is 13.1 Å². The lowest BCUT2D eigenvalue weighted by atomic mass is 10.2. The second-order valence-electron chi connectivity index (χ2n) is 7.74. The van der Waals surface area contributed by atoms with Crippen LogP contribution in [-0.2, 0) is 14.8 Å². The van der Waals surface area contributed by atoms with E-state index in [2.05, 4.69) is 5.32 Å². The van der Waals surface area contributed by atoms with Gasteiger partial charge in [0.15, 0.2) is 17.6 Å². The molecule has 2 aromatic rings.